The number of aryl methyl sites for hydroxylation is 1. The molecular weight excluding hydrogens is 349 g/mol. The number of hydrogen-bond donors (Lipinski definition) is 1. The molecule has 1 amide bonds. The molecule has 3 rings (SSSR count). The molecule has 0 bridgehead atoms. The minimum Gasteiger partial charge on any atom is -0.322 e. The Labute approximate surface area is 147 Å². The largest absolute Gasteiger partial charge is 0.322 e. The molecule has 0 aliphatic heterocycles. The Morgan fingerprint density at radius 2 is 1.96 bits per heavy atom. The van der Waals surface area contributed by atoms with E-state index < -0.39 is 5.91 Å². The predicted octanol–water partition coefficient (Wildman–Crippen LogP) is 3.65. The Bertz CT molecular complexity index is 999. The molecule has 0 atom stereocenters. The molecule has 0 unspecified atom stereocenters. The van der Waals surface area contributed by atoms with Gasteiger partial charge in [0.05, 0.1) is 33.0 Å². The van der Waals surface area contributed by atoms with Gasteiger partial charge in [-0.05, 0) is 30.7 Å². The normalized spacial score (nSPS) is 10.8. The van der Waals surface area contributed by atoms with Gasteiger partial charge in [-0.2, -0.15) is 0 Å². The van der Waals surface area contributed by atoms with E-state index in [2.05, 4.69) is 10.3 Å². The van der Waals surface area contributed by atoms with Gasteiger partial charge in [0.1, 0.15) is 6.54 Å². The van der Waals surface area contributed by atoms with Gasteiger partial charge >= 0.3 is 0 Å². The van der Waals surface area contributed by atoms with Gasteiger partial charge in [0.25, 0.3) is 5.56 Å². The first kappa shape index (κ1) is 16.5. The lowest BCUT2D eigenvalue weighted by molar-refractivity contribution is -0.116. The Balaban J connectivity index is 1.87. The lowest BCUT2D eigenvalue weighted by atomic mass is 10.2. The van der Waals surface area contributed by atoms with Crippen molar-refractivity contribution >= 4 is 45.7 Å². The van der Waals surface area contributed by atoms with Crippen molar-refractivity contribution in [1.82, 2.24) is 9.55 Å². The number of carbonyl (C=O) groups is 1. The maximum Gasteiger partial charge on any atom is 0.261 e. The van der Waals surface area contributed by atoms with Crippen molar-refractivity contribution < 1.29 is 4.79 Å². The number of amides is 1. The molecule has 2 aromatic carbocycles. The SMILES string of the molecule is Cc1ccc(Cl)c(NC(=O)Cn2cnc3ccccc3c2=O)c1Cl. The van der Waals surface area contributed by atoms with Crippen molar-refractivity contribution in [3.63, 3.8) is 0 Å². The molecule has 122 valence electrons. The number of anilines is 1. The van der Waals surface area contributed by atoms with Crippen LogP contribution in [0.4, 0.5) is 5.69 Å². The zero-order valence-corrected chi connectivity index (χ0v) is 14.2. The summed E-state index contributed by atoms with van der Waals surface area (Å²) in [6.45, 7) is 1.63. The van der Waals surface area contributed by atoms with Crippen molar-refractivity contribution in [2.45, 2.75) is 13.5 Å². The van der Waals surface area contributed by atoms with Gasteiger partial charge in [-0.15, -0.1) is 0 Å². The second kappa shape index (κ2) is 6.63. The Hall–Kier alpha value is -2.37. The van der Waals surface area contributed by atoms with Crippen LogP contribution >= 0.6 is 23.2 Å². The summed E-state index contributed by atoms with van der Waals surface area (Å²) in [5.41, 5.74) is 1.44. The van der Waals surface area contributed by atoms with Gasteiger partial charge in [-0.3, -0.25) is 14.2 Å². The van der Waals surface area contributed by atoms with Crippen LogP contribution in [0.15, 0.2) is 47.5 Å². The lowest BCUT2D eigenvalue weighted by Crippen LogP contribution is -2.28. The summed E-state index contributed by atoms with van der Waals surface area (Å²) in [6, 6.07) is 10.4. The average Bonchev–Trinajstić information content (AvgIpc) is 2.58. The fourth-order valence-electron chi connectivity index (χ4n) is 2.32. The van der Waals surface area contributed by atoms with Gasteiger partial charge in [-0.1, -0.05) is 41.4 Å². The summed E-state index contributed by atoms with van der Waals surface area (Å²) < 4.78 is 1.25. The third-order valence-corrected chi connectivity index (χ3v) is 4.40. The van der Waals surface area contributed by atoms with Crippen LogP contribution in [0.1, 0.15) is 5.56 Å². The summed E-state index contributed by atoms with van der Waals surface area (Å²) in [5.74, 6) is -0.413. The molecule has 1 N–H and O–H groups in total. The first-order valence-electron chi connectivity index (χ1n) is 7.16. The molecule has 7 heteroatoms. The first-order valence-corrected chi connectivity index (χ1v) is 7.91. The number of hydrogen-bond acceptors (Lipinski definition) is 3. The Kier molecular flexibility index (Phi) is 4.55. The number of halogens is 2. The molecule has 0 fully saturated rings. The summed E-state index contributed by atoms with van der Waals surface area (Å²) in [6.07, 6.45) is 1.35. The topological polar surface area (TPSA) is 64.0 Å². The number of nitrogens with zero attached hydrogens (tertiary/aromatic N) is 2. The Morgan fingerprint density at radius 1 is 1.21 bits per heavy atom. The van der Waals surface area contributed by atoms with E-state index in [1.54, 1.807) is 36.4 Å². The van der Waals surface area contributed by atoms with Gasteiger partial charge in [0, 0.05) is 0 Å². The van der Waals surface area contributed by atoms with Crippen molar-refractivity contribution in [2.75, 3.05) is 5.32 Å². The van der Waals surface area contributed by atoms with Gasteiger partial charge in [-0.25, -0.2) is 4.98 Å². The summed E-state index contributed by atoms with van der Waals surface area (Å²) in [7, 11) is 0. The number of fused-ring (bicyclic) bond motifs is 1. The molecule has 1 heterocycles. The van der Waals surface area contributed by atoms with Crippen LogP contribution in [0, 0.1) is 6.92 Å². The monoisotopic (exact) mass is 361 g/mol. The van der Waals surface area contributed by atoms with Crippen LogP contribution in [0.25, 0.3) is 10.9 Å². The molecular formula is C17H13Cl2N3O2. The lowest BCUT2D eigenvalue weighted by Gasteiger charge is -2.12. The number of para-hydroxylation sites is 1. The highest BCUT2D eigenvalue weighted by Gasteiger charge is 2.13. The van der Waals surface area contributed by atoms with E-state index in [-0.39, 0.29) is 12.1 Å². The standard InChI is InChI=1S/C17H13Cl2N3O2/c1-10-6-7-12(18)16(15(10)19)21-14(23)8-22-9-20-13-5-3-2-4-11(13)17(22)24/h2-7,9H,8H2,1H3,(H,21,23). The van der Waals surface area contributed by atoms with E-state index in [4.69, 9.17) is 23.2 Å². The molecule has 0 spiro atoms. The molecule has 0 aliphatic rings. The molecule has 0 saturated heterocycles. The van der Waals surface area contributed by atoms with E-state index in [1.165, 1.54) is 10.9 Å². The van der Waals surface area contributed by atoms with Crippen LogP contribution in [0.3, 0.4) is 0 Å². The molecule has 0 radical (unpaired) electrons. The zero-order chi connectivity index (χ0) is 17.3. The second-order valence-corrected chi connectivity index (χ2v) is 6.08. The van der Waals surface area contributed by atoms with Crippen molar-refractivity contribution in [1.29, 1.82) is 0 Å². The highest BCUT2D eigenvalue weighted by Crippen LogP contribution is 2.32. The van der Waals surface area contributed by atoms with Crippen molar-refractivity contribution in [3.05, 3.63) is 68.7 Å². The number of benzene rings is 2. The number of rotatable bonds is 3. The number of carbonyl (C=O) groups excluding carboxylic acids is 1. The minimum absolute atomic E-state index is 0.183. The maximum absolute atomic E-state index is 12.4. The van der Waals surface area contributed by atoms with Crippen LogP contribution in [-0.4, -0.2) is 15.5 Å². The Morgan fingerprint density at radius 3 is 2.75 bits per heavy atom. The number of nitrogens with one attached hydrogen (secondary N) is 1. The fraction of sp³-hybridized carbons (Fsp3) is 0.118. The summed E-state index contributed by atoms with van der Waals surface area (Å²) in [4.78, 5) is 28.8. The van der Waals surface area contributed by atoms with Gasteiger partial charge in [0.15, 0.2) is 0 Å². The van der Waals surface area contributed by atoms with Gasteiger partial charge < -0.3 is 5.32 Å². The third kappa shape index (κ3) is 3.13. The van der Waals surface area contributed by atoms with Crippen LogP contribution in [-0.2, 0) is 11.3 Å². The highest BCUT2D eigenvalue weighted by molar-refractivity contribution is 6.40. The quantitative estimate of drug-likeness (QED) is 0.774. The number of aromatic nitrogens is 2. The smallest absolute Gasteiger partial charge is 0.261 e. The zero-order valence-electron chi connectivity index (χ0n) is 12.7. The molecule has 3 aromatic rings. The second-order valence-electron chi connectivity index (χ2n) is 5.30. The van der Waals surface area contributed by atoms with Crippen LogP contribution < -0.4 is 10.9 Å². The van der Waals surface area contributed by atoms with E-state index >= 15 is 0 Å². The average molecular weight is 362 g/mol. The van der Waals surface area contributed by atoms with Crippen LogP contribution in [0.2, 0.25) is 10.0 Å². The van der Waals surface area contributed by atoms with Crippen molar-refractivity contribution in [2.24, 2.45) is 0 Å². The van der Waals surface area contributed by atoms with Crippen molar-refractivity contribution in [3.8, 4) is 0 Å². The predicted molar refractivity (Wildman–Crippen MR) is 95.8 cm³/mol. The molecule has 5 nitrogen and oxygen atoms in total. The molecule has 0 aliphatic carbocycles. The van der Waals surface area contributed by atoms with E-state index in [0.29, 0.717) is 26.6 Å². The fourth-order valence-corrected chi connectivity index (χ4v) is 2.79. The highest BCUT2D eigenvalue weighted by atomic mass is 35.5. The van der Waals surface area contributed by atoms with E-state index in [0.717, 1.165) is 5.56 Å². The summed E-state index contributed by atoms with van der Waals surface area (Å²) >= 11 is 12.3. The third-order valence-electron chi connectivity index (χ3n) is 3.59. The maximum atomic E-state index is 12.4. The molecule has 0 saturated carbocycles. The van der Waals surface area contributed by atoms with E-state index in [9.17, 15) is 9.59 Å². The molecule has 1 aromatic heterocycles. The molecule has 24 heavy (non-hydrogen) atoms. The van der Waals surface area contributed by atoms with Crippen LogP contribution in [0.5, 0.6) is 0 Å². The van der Waals surface area contributed by atoms with Gasteiger partial charge in [0.2, 0.25) is 5.91 Å². The first-order chi connectivity index (χ1) is 11.5. The minimum atomic E-state index is -0.413. The van der Waals surface area contributed by atoms with E-state index in [1.807, 2.05) is 6.92 Å². The summed E-state index contributed by atoms with van der Waals surface area (Å²) in [5, 5.41) is 3.82.